The van der Waals surface area contributed by atoms with Gasteiger partial charge in [0.05, 0.1) is 0 Å². The third-order valence-corrected chi connectivity index (χ3v) is 4.66. The summed E-state index contributed by atoms with van der Waals surface area (Å²) in [6.07, 6.45) is 6.65. The molecule has 0 bridgehead atoms. The van der Waals surface area contributed by atoms with Gasteiger partial charge in [-0.05, 0) is 62.6 Å². The van der Waals surface area contributed by atoms with Gasteiger partial charge in [0.15, 0.2) is 0 Å². The van der Waals surface area contributed by atoms with E-state index in [1.165, 1.54) is 35.2 Å². The highest BCUT2D eigenvalue weighted by Gasteiger charge is 2.29. The zero-order valence-corrected chi connectivity index (χ0v) is 13.6. The number of carbonyl (C=O) groups is 1. The highest BCUT2D eigenvalue weighted by Crippen LogP contribution is 2.33. The summed E-state index contributed by atoms with van der Waals surface area (Å²) in [6, 6.07) is 4.30. The number of unbranched alkanes of at least 4 members (excludes halogenated alkanes) is 1. The molecule has 21 heavy (non-hydrogen) atoms. The Morgan fingerprint density at radius 2 is 2.10 bits per heavy atom. The van der Waals surface area contributed by atoms with Gasteiger partial charge in [-0.2, -0.15) is 0 Å². The molecule has 0 spiro atoms. The first-order valence-corrected chi connectivity index (χ1v) is 8.21. The molecule has 1 heterocycles. The Bertz CT molecular complexity index is 510. The van der Waals surface area contributed by atoms with Crippen LogP contribution in [0.5, 0.6) is 0 Å². The molecule has 1 fully saturated rings. The van der Waals surface area contributed by atoms with E-state index in [-0.39, 0.29) is 11.9 Å². The molecule has 2 rings (SSSR count). The molecule has 0 aromatic heterocycles. The molecule has 0 aliphatic carbocycles. The summed E-state index contributed by atoms with van der Waals surface area (Å²) < 4.78 is 0. The Labute approximate surface area is 128 Å². The van der Waals surface area contributed by atoms with Crippen LogP contribution in [0.25, 0.3) is 0 Å². The zero-order valence-electron chi connectivity index (χ0n) is 13.6. The Kier molecular flexibility index (Phi) is 5.27. The van der Waals surface area contributed by atoms with E-state index in [0.29, 0.717) is 0 Å². The largest absolute Gasteiger partial charge is 0.368 e. The number of aryl methyl sites for hydroxylation is 2. The quantitative estimate of drug-likeness (QED) is 0.901. The fourth-order valence-corrected chi connectivity index (χ4v) is 3.45. The molecule has 1 aromatic carbocycles. The minimum atomic E-state index is -0.188. The van der Waals surface area contributed by atoms with E-state index in [0.717, 1.165) is 32.2 Å². The van der Waals surface area contributed by atoms with E-state index in [9.17, 15) is 4.79 Å². The van der Waals surface area contributed by atoms with Crippen LogP contribution in [0.2, 0.25) is 0 Å². The lowest BCUT2D eigenvalue weighted by atomic mass is 9.94. The molecule has 3 nitrogen and oxygen atoms in total. The van der Waals surface area contributed by atoms with E-state index in [4.69, 9.17) is 5.73 Å². The normalized spacial score (nSPS) is 18.8. The predicted octanol–water partition coefficient (Wildman–Crippen LogP) is 3.49. The van der Waals surface area contributed by atoms with Crippen molar-refractivity contribution < 1.29 is 4.79 Å². The van der Waals surface area contributed by atoms with Crippen molar-refractivity contribution in [1.82, 2.24) is 0 Å². The first-order valence-electron chi connectivity index (χ1n) is 8.21. The van der Waals surface area contributed by atoms with Gasteiger partial charge < -0.3 is 10.6 Å². The summed E-state index contributed by atoms with van der Waals surface area (Å²) in [5, 5.41) is 0. The Morgan fingerprint density at radius 3 is 2.76 bits per heavy atom. The second kappa shape index (κ2) is 6.97. The summed E-state index contributed by atoms with van der Waals surface area (Å²) in [5.41, 5.74) is 10.9. The summed E-state index contributed by atoms with van der Waals surface area (Å²) in [5.74, 6) is -0.188. The summed E-state index contributed by atoms with van der Waals surface area (Å²) in [4.78, 5) is 14.1. The topological polar surface area (TPSA) is 46.3 Å². The van der Waals surface area contributed by atoms with Crippen molar-refractivity contribution in [3.8, 4) is 0 Å². The first kappa shape index (κ1) is 15.9. The second-order valence-corrected chi connectivity index (χ2v) is 6.23. The van der Waals surface area contributed by atoms with Gasteiger partial charge in [0.1, 0.15) is 6.04 Å². The van der Waals surface area contributed by atoms with Crippen LogP contribution in [0.1, 0.15) is 55.7 Å². The van der Waals surface area contributed by atoms with Gasteiger partial charge in [0.2, 0.25) is 5.91 Å². The average Bonchev–Trinajstić information content (AvgIpc) is 2.47. The number of carbonyl (C=O) groups excluding carboxylic acids is 1. The number of rotatable bonds is 5. The average molecular weight is 288 g/mol. The molecule has 0 radical (unpaired) electrons. The molecule has 1 aliphatic heterocycles. The molecule has 1 aliphatic rings. The van der Waals surface area contributed by atoms with Crippen LogP contribution in [0, 0.1) is 13.8 Å². The van der Waals surface area contributed by atoms with Crippen LogP contribution in [0.4, 0.5) is 5.69 Å². The van der Waals surface area contributed by atoms with Gasteiger partial charge in [0, 0.05) is 12.2 Å². The Hall–Kier alpha value is -1.51. The molecule has 1 atom stereocenters. The van der Waals surface area contributed by atoms with Gasteiger partial charge in [-0.15, -0.1) is 0 Å². The zero-order chi connectivity index (χ0) is 15.4. The van der Waals surface area contributed by atoms with E-state index >= 15 is 0 Å². The van der Waals surface area contributed by atoms with Gasteiger partial charge >= 0.3 is 0 Å². The van der Waals surface area contributed by atoms with Crippen LogP contribution in [0.15, 0.2) is 12.1 Å². The number of anilines is 1. The molecule has 1 saturated heterocycles. The number of amides is 1. The van der Waals surface area contributed by atoms with Crippen LogP contribution in [-0.4, -0.2) is 18.5 Å². The number of nitrogens with two attached hydrogens (primary N) is 1. The molecule has 3 heteroatoms. The number of hydrogen-bond acceptors (Lipinski definition) is 2. The van der Waals surface area contributed by atoms with Gasteiger partial charge in [-0.25, -0.2) is 0 Å². The van der Waals surface area contributed by atoms with Crippen LogP contribution in [-0.2, 0) is 11.2 Å². The van der Waals surface area contributed by atoms with Crippen molar-refractivity contribution in [2.75, 3.05) is 11.4 Å². The standard InChI is InChI=1S/C18H28N2O/c1-4-5-8-15-11-10-13(2)17(14(15)3)20-12-7-6-9-16(20)18(19)21/h10-11,16H,4-9,12H2,1-3H3,(H2,19,21). The molecule has 2 N–H and O–H groups in total. The lowest BCUT2D eigenvalue weighted by molar-refractivity contribution is -0.119. The molecule has 1 amide bonds. The number of hydrogen-bond donors (Lipinski definition) is 1. The molecular weight excluding hydrogens is 260 g/mol. The minimum absolute atomic E-state index is 0.141. The van der Waals surface area contributed by atoms with Crippen LogP contribution in [0.3, 0.4) is 0 Å². The van der Waals surface area contributed by atoms with Gasteiger partial charge in [-0.3, -0.25) is 4.79 Å². The lowest BCUT2D eigenvalue weighted by Gasteiger charge is -2.38. The number of benzene rings is 1. The lowest BCUT2D eigenvalue weighted by Crippen LogP contribution is -2.48. The SMILES string of the molecule is CCCCc1ccc(C)c(N2CCCCC2C(N)=O)c1C. The van der Waals surface area contributed by atoms with Crippen molar-refractivity contribution >= 4 is 11.6 Å². The molecule has 1 unspecified atom stereocenters. The van der Waals surface area contributed by atoms with Crippen molar-refractivity contribution in [2.45, 2.75) is 65.3 Å². The van der Waals surface area contributed by atoms with Gasteiger partial charge in [-0.1, -0.05) is 25.5 Å². The second-order valence-electron chi connectivity index (χ2n) is 6.23. The maximum atomic E-state index is 11.8. The van der Waals surface area contributed by atoms with E-state index < -0.39 is 0 Å². The molecular formula is C18H28N2O. The number of piperidine rings is 1. The van der Waals surface area contributed by atoms with E-state index in [1.54, 1.807) is 0 Å². The smallest absolute Gasteiger partial charge is 0.240 e. The van der Waals surface area contributed by atoms with Crippen molar-refractivity contribution in [1.29, 1.82) is 0 Å². The molecule has 1 aromatic rings. The third-order valence-electron chi connectivity index (χ3n) is 4.66. The van der Waals surface area contributed by atoms with Crippen LogP contribution < -0.4 is 10.6 Å². The van der Waals surface area contributed by atoms with E-state index in [1.807, 2.05) is 0 Å². The highest BCUT2D eigenvalue weighted by atomic mass is 16.1. The third kappa shape index (κ3) is 3.39. The Balaban J connectivity index is 2.38. The molecule has 0 saturated carbocycles. The van der Waals surface area contributed by atoms with Crippen molar-refractivity contribution in [3.63, 3.8) is 0 Å². The maximum Gasteiger partial charge on any atom is 0.240 e. The van der Waals surface area contributed by atoms with Crippen molar-refractivity contribution in [3.05, 3.63) is 28.8 Å². The minimum Gasteiger partial charge on any atom is -0.368 e. The Morgan fingerprint density at radius 1 is 1.33 bits per heavy atom. The summed E-state index contributed by atoms with van der Waals surface area (Å²) >= 11 is 0. The fraction of sp³-hybridized carbons (Fsp3) is 0.611. The number of primary amides is 1. The first-order chi connectivity index (χ1) is 10.1. The van der Waals surface area contributed by atoms with Crippen molar-refractivity contribution in [2.24, 2.45) is 5.73 Å². The monoisotopic (exact) mass is 288 g/mol. The number of nitrogens with zero attached hydrogens (tertiary/aromatic N) is 1. The predicted molar refractivity (Wildman–Crippen MR) is 88.7 cm³/mol. The maximum absolute atomic E-state index is 11.8. The summed E-state index contributed by atoms with van der Waals surface area (Å²) in [6.45, 7) is 7.49. The van der Waals surface area contributed by atoms with Gasteiger partial charge in [0.25, 0.3) is 0 Å². The van der Waals surface area contributed by atoms with E-state index in [2.05, 4.69) is 37.8 Å². The fourth-order valence-electron chi connectivity index (χ4n) is 3.45. The molecule has 116 valence electrons. The highest BCUT2D eigenvalue weighted by molar-refractivity contribution is 5.84. The summed E-state index contributed by atoms with van der Waals surface area (Å²) in [7, 11) is 0. The van der Waals surface area contributed by atoms with Crippen LogP contribution >= 0.6 is 0 Å².